The Labute approximate surface area is 98.3 Å². The molecule has 1 heterocycles. The summed E-state index contributed by atoms with van der Waals surface area (Å²) < 4.78 is 10.8. The van der Waals surface area contributed by atoms with Crippen LogP contribution in [0.2, 0.25) is 0 Å². The van der Waals surface area contributed by atoms with Gasteiger partial charge >= 0.3 is 0 Å². The largest absolute Gasteiger partial charge is 0.388 e. The van der Waals surface area contributed by atoms with Gasteiger partial charge in [0.25, 0.3) is 0 Å². The minimum absolute atomic E-state index is 0.391. The second-order valence-corrected chi connectivity index (χ2v) is 4.48. The summed E-state index contributed by atoms with van der Waals surface area (Å²) in [6, 6.07) is 0. The van der Waals surface area contributed by atoms with Crippen LogP contribution in [0, 0.1) is 5.92 Å². The van der Waals surface area contributed by atoms with E-state index in [4.69, 9.17) is 9.47 Å². The molecule has 0 saturated carbocycles. The molecule has 96 valence electrons. The predicted molar refractivity (Wildman–Crippen MR) is 63.5 cm³/mol. The van der Waals surface area contributed by atoms with Gasteiger partial charge in [0.2, 0.25) is 0 Å². The second kappa shape index (κ2) is 8.93. The Morgan fingerprint density at radius 3 is 2.88 bits per heavy atom. The summed E-state index contributed by atoms with van der Waals surface area (Å²) in [5.74, 6) is 0.619. The van der Waals surface area contributed by atoms with Crippen molar-refractivity contribution in [2.75, 3.05) is 39.5 Å². The highest BCUT2D eigenvalue weighted by molar-refractivity contribution is 4.70. The molecule has 1 rings (SSSR count). The Balaban J connectivity index is 1.87. The third-order valence-corrected chi connectivity index (χ3v) is 2.78. The van der Waals surface area contributed by atoms with Gasteiger partial charge in [-0.2, -0.15) is 0 Å². The van der Waals surface area contributed by atoms with Crippen molar-refractivity contribution in [3.63, 3.8) is 0 Å². The summed E-state index contributed by atoms with van der Waals surface area (Å²) in [5.41, 5.74) is 0. The molecule has 1 fully saturated rings. The zero-order valence-corrected chi connectivity index (χ0v) is 10.3. The van der Waals surface area contributed by atoms with E-state index in [1.165, 1.54) is 6.42 Å². The molecule has 0 aromatic carbocycles. The van der Waals surface area contributed by atoms with E-state index in [0.717, 1.165) is 39.1 Å². The van der Waals surface area contributed by atoms with Gasteiger partial charge in [-0.1, -0.05) is 13.3 Å². The average molecular weight is 231 g/mol. The van der Waals surface area contributed by atoms with Crippen molar-refractivity contribution in [2.45, 2.75) is 32.3 Å². The molecule has 0 radical (unpaired) electrons. The molecule has 1 aliphatic rings. The van der Waals surface area contributed by atoms with Crippen molar-refractivity contribution in [2.24, 2.45) is 5.92 Å². The van der Waals surface area contributed by atoms with E-state index in [9.17, 15) is 5.11 Å². The number of unbranched alkanes of at least 4 members (excludes halogenated alkanes) is 1. The molecule has 0 aliphatic carbocycles. The van der Waals surface area contributed by atoms with E-state index in [2.05, 4.69) is 12.2 Å². The van der Waals surface area contributed by atoms with Crippen LogP contribution in [0.25, 0.3) is 0 Å². The monoisotopic (exact) mass is 231 g/mol. The molecule has 0 bridgehead atoms. The lowest BCUT2D eigenvalue weighted by molar-refractivity contribution is -0.0253. The number of hydrogen-bond acceptors (Lipinski definition) is 4. The number of aliphatic hydroxyl groups is 1. The lowest BCUT2D eigenvalue weighted by Gasteiger charge is -2.13. The van der Waals surface area contributed by atoms with Gasteiger partial charge in [0, 0.05) is 13.2 Å². The van der Waals surface area contributed by atoms with E-state index >= 15 is 0 Å². The highest BCUT2D eigenvalue weighted by Gasteiger charge is 2.15. The molecule has 2 unspecified atom stereocenters. The van der Waals surface area contributed by atoms with Crippen molar-refractivity contribution in [3.05, 3.63) is 0 Å². The molecule has 1 aliphatic heterocycles. The second-order valence-electron chi connectivity index (χ2n) is 4.48. The molecule has 0 aromatic heterocycles. The van der Waals surface area contributed by atoms with E-state index in [1.54, 1.807) is 0 Å². The molecule has 4 heteroatoms. The zero-order chi connectivity index (χ0) is 11.6. The van der Waals surface area contributed by atoms with E-state index in [0.29, 0.717) is 19.1 Å². The normalized spacial score (nSPS) is 22.5. The Kier molecular flexibility index (Phi) is 7.76. The van der Waals surface area contributed by atoms with Crippen LogP contribution in [-0.4, -0.2) is 50.7 Å². The maximum Gasteiger partial charge on any atom is 0.101 e. The van der Waals surface area contributed by atoms with Gasteiger partial charge < -0.3 is 19.9 Å². The van der Waals surface area contributed by atoms with Gasteiger partial charge in [-0.3, -0.25) is 0 Å². The topological polar surface area (TPSA) is 50.7 Å². The third kappa shape index (κ3) is 6.43. The molecule has 0 spiro atoms. The Bertz CT molecular complexity index is 160. The van der Waals surface area contributed by atoms with E-state index in [1.807, 2.05) is 0 Å². The van der Waals surface area contributed by atoms with Gasteiger partial charge in [0.1, 0.15) is 6.10 Å². The highest BCUT2D eigenvalue weighted by Crippen LogP contribution is 2.07. The summed E-state index contributed by atoms with van der Waals surface area (Å²) in [6.07, 6.45) is 2.89. The first-order valence-electron chi connectivity index (χ1n) is 6.37. The molecule has 0 amide bonds. The Morgan fingerprint density at radius 2 is 2.19 bits per heavy atom. The fraction of sp³-hybridized carbons (Fsp3) is 1.00. The predicted octanol–water partition coefficient (Wildman–Crippen LogP) is 0.790. The molecule has 4 nitrogen and oxygen atoms in total. The van der Waals surface area contributed by atoms with Crippen LogP contribution in [0.3, 0.4) is 0 Å². The first-order valence-corrected chi connectivity index (χ1v) is 6.37. The van der Waals surface area contributed by atoms with Crippen molar-refractivity contribution in [1.29, 1.82) is 0 Å². The first-order chi connectivity index (χ1) is 7.83. The molecule has 2 atom stereocenters. The van der Waals surface area contributed by atoms with Gasteiger partial charge in [-0.25, -0.2) is 0 Å². The van der Waals surface area contributed by atoms with Crippen LogP contribution in [0.4, 0.5) is 0 Å². The quantitative estimate of drug-likeness (QED) is 0.576. The zero-order valence-electron chi connectivity index (χ0n) is 10.3. The lowest BCUT2D eigenvalue weighted by Crippen LogP contribution is -2.24. The number of rotatable bonds is 9. The molecule has 16 heavy (non-hydrogen) atoms. The summed E-state index contributed by atoms with van der Waals surface area (Å²) in [5, 5.41) is 12.8. The van der Waals surface area contributed by atoms with Crippen LogP contribution in [0.5, 0.6) is 0 Å². The molecular formula is C12H25NO3. The van der Waals surface area contributed by atoms with Gasteiger partial charge in [-0.05, 0) is 25.3 Å². The number of ether oxygens (including phenoxy) is 2. The Hall–Kier alpha value is -0.160. The summed E-state index contributed by atoms with van der Waals surface area (Å²) in [7, 11) is 0. The standard InChI is InChI=1S/C12H25NO3/c1-2-3-6-15-9-12(14)10-16-8-11-4-5-13-7-11/h11-14H,2-10H2,1H3. The van der Waals surface area contributed by atoms with Crippen LogP contribution >= 0.6 is 0 Å². The number of aliphatic hydroxyl groups excluding tert-OH is 1. The number of nitrogens with one attached hydrogen (secondary N) is 1. The van der Waals surface area contributed by atoms with Crippen molar-refractivity contribution in [3.8, 4) is 0 Å². The van der Waals surface area contributed by atoms with Crippen LogP contribution in [0.1, 0.15) is 26.2 Å². The van der Waals surface area contributed by atoms with E-state index < -0.39 is 6.10 Å². The molecule has 0 aromatic rings. The smallest absolute Gasteiger partial charge is 0.101 e. The molecular weight excluding hydrogens is 206 g/mol. The highest BCUT2D eigenvalue weighted by atomic mass is 16.5. The minimum Gasteiger partial charge on any atom is -0.388 e. The summed E-state index contributed by atoms with van der Waals surface area (Å²) >= 11 is 0. The van der Waals surface area contributed by atoms with Crippen molar-refractivity contribution >= 4 is 0 Å². The summed E-state index contributed by atoms with van der Waals surface area (Å²) in [4.78, 5) is 0. The summed E-state index contributed by atoms with van der Waals surface area (Å²) in [6.45, 7) is 6.53. The fourth-order valence-corrected chi connectivity index (χ4v) is 1.74. The van der Waals surface area contributed by atoms with Crippen LogP contribution in [0.15, 0.2) is 0 Å². The SMILES string of the molecule is CCCCOCC(O)COCC1CCNC1. The van der Waals surface area contributed by atoms with Gasteiger partial charge in [0.05, 0.1) is 19.8 Å². The average Bonchev–Trinajstić information content (AvgIpc) is 2.77. The van der Waals surface area contributed by atoms with Crippen LogP contribution < -0.4 is 5.32 Å². The lowest BCUT2D eigenvalue weighted by atomic mass is 10.1. The third-order valence-electron chi connectivity index (χ3n) is 2.78. The van der Waals surface area contributed by atoms with Gasteiger partial charge in [-0.15, -0.1) is 0 Å². The van der Waals surface area contributed by atoms with Crippen molar-refractivity contribution < 1.29 is 14.6 Å². The van der Waals surface area contributed by atoms with Crippen LogP contribution in [-0.2, 0) is 9.47 Å². The maximum atomic E-state index is 9.56. The minimum atomic E-state index is -0.480. The van der Waals surface area contributed by atoms with Crippen molar-refractivity contribution in [1.82, 2.24) is 5.32 Å². The number of hydrogen-bond donors (Lipinski definition) is 2. The first kappa shape index (κ1) is 13.9. The molecule has 1 saturated heterocycles. The Morgan fingerprint density at radius 1 is 1.38 bits per heavy atom. The molecule has 2 N–H and O–H groups in total. The van der Waals surface area contributed by atoms with E-state index in [-0.39, 0.29) is 0 Å². The maximum absolute atomic E-state index is 9.56. The van der Waals surface area contributed by atoms with Gasteiger partial charge in [0.15, 0.2) is 0 Å². The fourth-order valence-electron chi connectivity index (χ4n) is 1.74.